The Kier molecular flexibility index (Phi) is 13.0. The molecule has 338 valence electrons. The van der Waals surface area contributed by atoms with E-state index in [1.807, 2.05) is 66.7 Å². The van der Waals surface area contributed by atoms with Crippen LogP contribution in [0.25, 0.3) is 20.8 Å². The van der Waals surface area contributed by atoms with Crippen LogP contribution in [0, 0.1) is 5.92 Å². The zero-order chi connectivity index (χ0) is 45.1. The average molecular weight is 920 g/mol. The van der Waals surface area contributed by atoms with Crippen LogP contribution in [0.5, 0.6) is 11.5 Å². The number of para-hydroxylation sites is 1. The third-order valence-corrected chi connectivity index (χ3v) is 14.6. The molecule has 0 aliphatic carbocycles. The van der Waals surface area contributed by atoms with E-state index in [1.54, 1.807) is 24.2 Å². The van der Waals surface area contributed by atoms with E-state index in [4.69, 9.17) is 26.1 Å². The predicted molar refractivity (Wildman–Crippen MR) is 248 cm³/mol. The zero-order valence-electron chi connectivity index (χ0n) is 36.1. The summed E-state index contributed by atoms with van der Waals surface area (Å²) in [5.74, 6) is 0.314. The lowest BCUT2D eigenvalue weighted by molar-refractivity contribution is -0.147. The van der Waals surface area contributed by atoms with Crippen LogP contribution in [-0.2, 0) is 24.0 Å². The zero-order valence-corrected chi connectivity index (χ0v) is 37.6. The van der Waals surface area contributed by atoms with Gasteiger partial charge in [0.25, 0.3) is 5.91 Å². The number of ether oxygens (including phenoxy) is 2. The number of benzene rings is 3. The Morgan fingerprint density at radius 3 is 2.54 bits per heavy atom. The molecule has 65 heavy (non-hydrogen) atoms. The van der Waals surface area contributed by atoms with Crippen molar-refractivity contribution in [2.24, 2.45) is 5.92 Å². The van der Waals surface area contributed by atoms with Crippen LogP contribution in [-0.4, -0.2) is 103 Å². The number of halogens is 1. The first-order chi connectivity index (χ1) is 31.6. The number of nitrogens with zero attached hydrogens (tertiary/aromatic N) is 4. The number of rotatable bonds is 13. The smallest absolute Gasteiger partial charge is 0.264 e. The second kappa shape index (κ2) is 19.2. The molecule has 0 spiro atoms. The van der Waals surface area contributed by atoms with Gasteiger partial charge in [0, 0.05) is 83.4 Å². The number of likely N-dealkylation sites (N-methyl/N-ethyl adjacent to an activating group) is 1. The van der Waals surface area contributed by atoms with Crippen LogP contribution in [0.2, 0.25) is 5.02 Å². The minimum atomic E-state index is -1.23. The number of hydrogen-bond donors (Lipinski definition) is 4. The minimum Gasteiger partial charge on any atom is -0.492 e. The molecule has 2 atom stereocenters. The summed E-state index contributed by atoms with van der Waals surface area (Å²) in [6.45, 7) is 4.17. The molecule has 17 heteroatoms. The second-order valence-electron chi connectivity index (χ2n) is 17.1. The van der Waals surface area contributed by atoms with E-state index in [9.17, 15) is 24.0 Å². The molecule has 0 bridgehead atoms. The van der Waals surface area contributed by atoms with Crippen LogP contribution >= 0.6 is 22.9 Å². The lowest BCUT2D eigenvalue weighted by atomic mass is 9.86. The summed E-state index contributed by atoms with van der Waals surface area (Å²) in [6, 6.07) is 22.4. The van der Waals surface area contributed by atoms with Gasteiger partial charge in [0.2, 0.25) is 23.6 Å². The molecule has 0 radical (unpaired) electrons. The van der Waals surface area contributed by atoms with E-state index < -0.39 is 11.5 Å². The van der Waals surface area contributed by atoms with E-state index in [2.05, 4.69) is 31.2 Å². The molecular formula is C48H51ClN8O7S. The van der Waals surface area contributed by atoms with Crippen molar-refractivity contribution >= 4 is 74.2 Å². The number of imide groups is 1. The highest BCUT2D eigenvalue weighted by Crippen LogP contribution is 2.42. The largest absolute Gasteiger partial charge is 0.492 e. The molecule has 2 aromatic heterocycles. The van der Waals surface area contributed by atoms with Gasteiger partial charge in [-0.25, -0.2) is 9.97 Å². The van der Waals surface area contributed by atoms with Crippen LogP contribution in [0.1, 0.15) is 67.9 Å². The van der Waals surface area contributed by atoms with Gasteiger partial charge in [0.1, 0.15) is 28.9 Å². The van der Waals surface area contributed by atoms with Gasteiger partial charge in [-0.05, 0) is 85.3 Å². The number of piperidine rings is 3. The summed E-state index contributed by atoms with van der Waals surface area (Å²) in [7, 11) is 1.58. The maximum Gasteiger partial charge on any atom is 0.264 e. The molecule has 5 aromatic rings. The summed E-state index contributed by atoms with van der Waals surface area (Å²) < 4.78 is 13.6. The first-order valence-corrected chi connectivity index (χ1v) is 23.4. The number of fused-ring (bicyclic) bond motifs is 2. The Labute approximate surface area is 385 Å². The molecule has 3 saturated heterocycles. The highest BCUT2D eigenvalue weighted by Gasteiger charge is 2.46. The van der Waals surface area contributed by atoms with Crippen molar-refractivity contribution in [1.29, 1.82) is 0 Å². The molecule has 1 unspecified atom stereocenters. The van der Waals surface area contributed by atoms with Crippen molar-refractivity contribution < 1.29 is 33.4 Å². The molecule has 3 aromatic carbocycles. The first kappa shape index (κ1) is 44.1. The molecule has 15 nitrogen and oxygen atoms in total. The summed E-state index contributed by atoms with van der Waals surface area (Å²) >= 11 is 7.93. The summed E-state index contributed by atoms with van der Waals surface area (Å²) in [5.41, 5.74) is 2.47. The van der Waals surface area contributed by atoms with Crippen molar-refractivity contribution in [3.05, 3.63) is 95.1 Å². The standard InChI is InChI=1S/C48H51ClN8O7S/c1-50-47(62)48(64-39-8-3-2-5-34(39)45-54-37-7-4-6-36(49)43(37)65-45)16-22-57(23-17-48)46(61)35-27-42(59)53-38-26-31(9-10-33(35)38)63-24-19-51-28-29-14-20-56(21-15-29)40-25-30(13-18-52-40)32-11-12-41(58)55-44(32)60/h2-10,13,18,25-26,29,32,35,51H,11-12,14-17,19-24,27-28H2,1H3,(H,50,62)(H,53,59)(H,55,58,60)/t32?,35-/m0/s1. The third kappa shape index (κ3) is 9.51. The summed E-state index contributed by atoms with van der Waals surface area (Å²) in [4.78, 5) is 78.2. The van der Waals surface area contributed by atoms with Crippen LogP contribution in [0.3, 0.4) is 0 Å². The van der Waals surface area contributed by atoms with Crippen molar-refractivity contribution in [2.45, 2.75) is 62.4 Å². The predicted octanol–water partition coefficient (Wildman–Crippen LogP) is 6.03. The summed E-state index contributed by atoms with van der Waals surface area (Å²) in [5, 5.41) is 13.0. The van der Waals surface area contributed by atoms with E-state index >= 15 is 0 Å². The van der Waals surface area contributed by atoms with Crippen LogP contribution in [0.15, 0.2) is 79.0 Å². The van der Waals surface area contributed by atoms with Crippen LogP contribution < -0.4 is 35.6 Å². The monoisotopic (exact) mass is 918 g/mol. The number of carbonyl (C=O) groups excluding carboxylic acids is 5. The highest BCUT2D eigenvalue weighted by molar-refractivity contribution is 7.22. The van der Waals surface area contributed by atoms with E-state index in [0.717, 1.165) is 70.2 Å². The normalized spacial score (nSPS) is 19.9. The molecular weight excluding hydrogens is 868 g/mol. The number of amides is 5. The third-order valence-electron chi connectivity index (χ3n) is 13.0. The lowest BCUT2D eigenvalue weighted by Crippen LogP contribution is -2.58. The van der Waals surface area contributed by atoms with Gasteiger partial charge in [-0.15, -0.1) is 11.3 Å². The number of anilines is 2. The fourth-order valence-electron chi connectivity index (χ4n) is 9.39. The van der Waals surface area contributed by atoms with Gasteiger partial charge < -0.3 is 35.2 Å². The SMILES string of the molecule is CNC(=O)C1(Oc2ccccc2-c2nc3cccc(Cl)c3s2)CCN(C(=O)[C@H]2CC(=O)Nc3cc(OCCNCC4CCN(c5cc(C6CCC(=O)NC6=O)ccn5)CC4)ccc32)CC1. The fourth-order valence-corrected chi connectivity index (χ4v) is 10.7. The van der Waals surface area contributed by atoms with E-state index in [-0.39, 0.29) is 67.8 Å². The molecule has 4 aliphatic rings. The van der Waals surface area contributed by atoms with Gasteiger partial charge in [0.05, 0.1) is 32.6 Å². The van der Waals surface area contributed by atoms with Gasteiger partial charge >= 0.3 is 0 Å². The fraction of sp³-hybridized carbons (Fsp3) is 0.396. The highest BCUT2D eigenvalue weighted by atomic mass is 35.5. The van der Waals surface area contributed by atoms with E-state index in [0.29, 0.717) is 54.1 Å². The molecule has 9 rings (SSSR count). The maximum atomic E-state index is 14.2. The second-order valence-corrected chi connectivity index (χ2v) is 18.5. The maximum absolute atomic E-state index is 14.2. The number of thiazole rings is 1. The van der Waals surface area contributed by atoms with Gasteiger partial charge in [0.15, 0.2) is 5.60 Å². The first-order valence-electron chi connectivity index (χ1n) is 22.2. The Bertz CT molecular complexity index is 2630. The Balaban J connectivity index is 0.761. The van der Waals surface area contributed by atoms with E-state index in [1.165, 1.54) is 11.3 Å². The summed E-state index contributed by atoms with van der Waals surface area (Å²) in [6.07, 6.45) is 5.13. The Morgan fingerprint density at radius 2 is 1.75 bits per heavy atom. The van der Waals surface area contributed by atoms with Crippen molar-refractivity contribution in [1.82, 2.24) is 30.8 Å². The molecule has 5 amide bonds. The quantitative estimate of drug-likeness (QED) is 0.0800. The molecule has 4 aliphatic heterocycles. The van der Waals surface area contributed by atoms with Crippen molar-refractivity contribution in [3.63, 3.8) is 0 Å². The molecule has 0 saturated carbocycles. The van der Waals surface area contributed by atoms with Crippen LogP contribution in [0.4, 0.5) is 11.5 Å². The topological polar surface area (TPSA) is 184 Å². The Hall–Kier alpha value is -6.10. The van der Waals surface area contributed by atoms with Crippen molar-refractivity contribution in [3.8, 4) is 22.1 Å². The van der Waals surface area contributed by atoms with Gasteiger partial charge in [-0.1, -0.05) is 35.9 Å². The molecule has 4 N–H and O–H groups in total. The molecule has 6 heterocycles. The van der Waals surface area contributed by atoms with Gasteiger partial charge in [-0.2, -0.15) is 0 Å². The molecule has 3 fully saturated rings. The number of nitrogens with one attached hydrogen (secondary N) is 4. The number of hydrogen-bond acceptors (Lipinski definition) is 12. The minimum absolute atomic E-state index is 0.0211. The average Bonchev–Trinajstić information content (AvgIpc) is 3.77. The number of likely N-dealkylation sites (tertiary alicyclic amines) is 1. The lowest BCUT2D eigenvalue weighted by Gasteiger charge is -2.42. The van der Waals surface area contributed by atoms with Crippen molar-refractivity contribution in [2.75, 3.05) is 63.1 Å². The number of pyridine rings is 1. The number of aromatic nitrogens is 2. The Morgan fingerprint density at radius 1 is 0.938 bits per heavy atom. The van der Waals surface area contributed by atoms with Gasteiger partial charge in [-0.3, -0.25) is 29.3 Å². The number of carbonyl (C=O) groups is 5.